The molecule has 1 amide bonds. The van der Waals surface area contributed by atoms with E-state index < -0.39 is 0 Å². The second kappa shape index (κ2) is 10.1. The molecule has 0 radical (unpaired) electrons. The number of benzene rings is 1. The van der Waals surface area contributed by atoms with Gasteiger partial charge in [-0.2, -0.15) is 0 Å². The van der Waals surface area contributed by atoms with Crippen LogP contribution in [0.4, 0.5) is 11.5 Å². The summed E-state index contributed by atoms with van der Waals surface area (Å²) in [6, 6.07) is 12.5. The molecular weight excluding hydrogens is 550 g/mol. The van der Waals surface area contributed by atoms with Gasteiger partial charge < -0.3 is 24.1 Å². The fraction of sp³-hybridized carbons (Fsp3) is 0.429. The summed E-state index contributed by atoms with van der Waals surface area (Å²) >= 11 is 0. The highest BCUT2D eigenvalue weighted by Crippen LogP contribution is 2.44. The number of amides is 1. The summed E-state index contributed by atoms with van der Waals surface area (Å²) in [5.41, 5.74) is 7.38. The zero-order valence-electron chi connectivity index (χ0n) is 26.1. The Hall–Kier alpha value is -4.40. The molecule has 0 spiro atoms. The lowest BCUT2D eigenvalue weighted by Gasteiger charge is -2.27. The van der Waals surface area contributed by atoms with Crippen molar-refractivity contribution in [2.75, 3.05) is 19.0 Å². The van der Waals surface area contributed by atoms with Crippen molar-refractivity contribution in [1.82, 2.24) is 29.0 Å². The molecule has 4 aromatic heterocycles. The zero-order chi connectivity index (χ0) is 30.3. The van der Waals surface area contributed by atoms with Crippen molar-refractivity contribution in [3.8, 4) is 17.3 Å². The number of carbonyl (C=O) groups is 1. The largest absolute Gasteiger partial charge is 0.494 e. The van der Waals surface area contributed by atoms with Gasteiger partial charge in [0.2, 0.25) is 0 Å². The average molecular weight is 590 g/mol. The van der Waals surface area contributed by atoms with Crippen LogP contribution in [0.1, 0.15) is 54.2 Å². The first-order valence-electron chi connectivity index (χ1n) is 15.9. The molecule has 1 aromatic carbocycles. The zero-order valence-corrected chi connectivity index (χ0v) is 26.1. The van der Waals surface area contributed by atoms with Crippen molar-refractivity contribution in [1.29, 1.82) is 0 Å². The first kappa shape index (κ1) is 27.2. The quantitative estimate of drug-likeness (QED) is 0.229. The van der Waals surface area contributed by atoms with Crippen LogP contribution in [0.15, 0.2) is 42.6 Å². The average Bonchev–Trinajstić information content (AvgIpc) is 3.43. The third-order valence-electron chi connectivity index (χ3n) is 10.5. The maximum atomic E-state index is 13.8. The fourth-order valence-electron chi connectivity index (χ4n) is 7.57. The molecule has 1 aliphatic heterocycles. The molecule has 5 heterocycles. The highest BCUT2D eigenvalue weighted by atomic mass is 16.5. The third-order valence-corrected chi connectivity index (χ3v) is 10.5. The first-order valence-corrected chi connectivity index (χ1v) is 15.9. The molecule has 2 saturated carbocycles. The van der Waals surface area contributed by atoms with Crippen LogP contribution >= 0.6 is 0 Å². The molecule has 2 unspecified atom stereocenters. The van der Waals surface area contributed by atoms with Gasteiger partial charge in [0.1, 0.15) is 22.7 Å². The first-order chi connectivity index (χ1) is 21.3. The van der Waals surface area contributed by atoms with Gasteiger partial charge in [0.25, 0.3) is 5.91 Å². The van der Waals surface area contributed by atoms with Crippen LogP contribution in [0.25, 0.3) is 33.6 Å². The Bertz CT molecular complexity index is 1950. The van der Waals surface area contributed by atoms with Crippen LogP contribution in [-0.4, -0.2) is 54.6 Å². The summed E-state index contributed by atoms with van der Waals surface area (Å²) < 4.78 is 10.3. The number of aromatic nitrogens is 5. The summed E-state index contributed by atoms with van der Waals surface area (Å²) in [5.74, 6) is 4.22. The van der Waals surface area contributed by atoms with Gasteiger partial charge in [0.05, 0.1) is 18.3 Å². The Morgan fingerprint density at radius 1 is 1.07 bits per heavy atom. The Morgan fingerprint density at radius 2 is 1.91 bits per heavy atom. The Balaban J connectivity index is 1.21. The van der Waals surface area contributed by atoms with E-state index in [9.17, 15) is 4.79 Å². The van der Waals surface area contributed by atoms with Crippen molar-refractivity contribution in [3.63, 3.8) is 0 Å². The minimum atomic E-state index is 0.0863. The number of piperidine rings is 1. The monoisotopic (exact) mass is 589 g/mol. The van der Waals surface area contributed by atoms with Gasteiger partial charge >= 0.3 is 0 Å². The summed E-state index contributed by atoms with van der Waals surface area (Å²) in [5, 5.41) is 4.58. The fourth-order valence-corrected chi connectivity index (χ4v) is 7.57. The van der Waals surface area contributed by atoms with E-state index in [1.807, 2.05) is 44.4 Å². The van der Waals surface area contributed by atoms with E-state index in [1.54, 1.807) is 7.11 Å². The number of anilines is 2. The van der Waals surface area contributed by atoms with Gasteiger partial charge in [-0.3, -0.25) is 9.78 Å². The van der Waals surface area contributed by atoms with Crippen molar-refractivity contribution in [3.05, 3.63) is 59.4 Å². The maximum Gasteiger partial charge on any atom is 0.254 e. The van der Waals surface area contributed by atoms with Gasteiger partial charge in [-0.15, -0.1) is 0 Å². The van der Waals surface area contributed by atoms with Crippen LogP contribution in [0.5, 0.6) is 5.75 Å². The summed E-state index contributed by atoms with van der Waals surface area (Å²) in [6.07, 6.45) is 6.61. The number of fused-ring (bicyclic) bond motifs is 4. The molecule has 2 bridgehead atoms. The minimum absolute atomic E-state index is 0.0863. The number of imidazole rings is 1. The second-order valence-corrected chi connectivity index (χ2v) is 13.1. The van der Waals surface area contributed by atoms with Gasteiger partial charge in [0.15, 0.2) is 5.82 Å². The lowest BCUT2D eigenvalue weighted by molar-refractivity contribution is 0.0696. The van der Waals surface area contributed by atoms with Crippen LogP contribution in [0, 0.1) is 31.6 Å². The number of nitrogens with one attached hydrogen (secondary N) is 1. The van der Waals surface area contributed by atoms with Crippen molar-refractivity contribution in [2.45, 2.75) is 59.0 Å². The predicted molar refractivity (Wildman–Crippen MR) is 172 cm³/mol. The smallest absolute Gasteiger partial charge is 0.254 e. The van der Waals surface area contributed by atoms with Gasteiger partial charge in [-0.05, 0) is 99.2 Å². The highest BCUT2D eigenvalue weighted by Gasteiger charge is 2.46. The van der Waals surface area contributed by atoms with Crippen molar-refractivity contribution in [2.24, 2.45) is 24.8 Å². The van der Waals surface area contributed by atoms with Crippen LogP contribution in [-0.2, 0) is 13.6 Å². The number of rotatable bonds is 7. The third kappa shape index (κ3) is 4.27. The van der Waals surface area contributed by atoms with Crippen LogP contribution in [0.3, 0.4) is 0 Å². The Morgan fingerprint density at radius 3 is 2.64 bits per heavy atom. The van der Waals surface area contributed by atoms with Crippen LogP contribution < -0.4 is 10.1 Å². The molecule has 2 aliphatic carbocycles. The Kier molecular flexibility index (Phi) is 6.22. The van der Waals surface area contributed by atoms with E-state index in [-0.39, 0.29) is 5.91 Å². The van der Waals surface area contributed by atoms with Gasteiger partial charge in [-0.25, -0.2) is 9.97 Å². The van der Waals surface area contributed by atoms with E-state index in [2.05, 4.69) is 50.3 Å². The molecule has 3 atom stereocenters. The molecule has 44 heavy (non-hydrogen) atoms. The van der Waals surface area contributed by atoms with E-state index in [4.69, 9.17) is 14.7 Å². The second-order valence-electron chi connectivity index (χ2n) is 13.1. The molecule has 3 aliphatic rings. The molecule has 1 N–H and O–H groups in total. The molecule has 3 fully saturated rings. The van der Waals surface area contributed by atoms with E-state index in [1.165, 1.54) is 19.3 Å². The molecule has 8 rings (SSSR count). The summed E-state index contributed by atoms with van der Waals surface area (Å²) in [7, 11) is 3.70. The number of hydrogen-bond acceptors (Lipinski definition) is 6. The van der Waals surface area contributed by atoms with E-state index >= 15 is 0 Å². The summed E-state index contributed by atoms with van der Waals surface area (Å²) in [4.78, 5) is 30.5. The number of aryl methyl sites for hydroxylation is 2. The van der Waals surface area contributed by atoms with E-state index in [0.717, 1.165) is 75.9 Å². The van der Waals surface area contributed by atoms with E-state index in [0.29, 0.717) is 35.1 Å². The Labute approximate surface area is 257 Å². The van der Waals surface area contributed by atoms with Crippen LogP contribution in [0.2, 0.25) is 0 Å². The normalized spacial score (nSPS) is 21.1. The number of pyridine rings is 2. The number of likely N-dealkylation sites (tertiary alicyclic amines) is 1. The van der Waals surface area contributed by atoms with Crippen molar-refractivity contribution < 1.29 is 9.53 Å². The highest BCUT2D eigenvalue weighted by molar-refractivity contribution is 6.00. The standard InChI is InChI=1S/C35H39N7O2/c1-19-21(3)36-13-12-26(19)37-31-11-9-23-15-29(41(33(23)39-31)17-22-6-7-22)34-38-27-14-25(16-30(44-5)32(27)40(34)4)35(43)42-18-24-8-10-28(42)20(24)2/h9,11-16,20,22,24,28H,6-8,10,17-18H2,1-5H3,(H,36,37,39)/t20-,24?,28?/m1/s1. The summed E-state index contributed by atoms with van der Waals surface area (Å²) in [6.45, 7) is 8.13. The SMILES string of the molecule is COc1cc(C(=O)N2CC3CCC2[C@@H]3C)cc2nc(-c3cc4ccc(Nc5ccnc(C)c5C)nc4n3CC3CC3)n(C)c12. The molecule has 5 aromatic rings. The topological polar surface area (TPSA) is 90.1 Å². The minimum Gasteiger partial charge on any atom is -0.494 e. The number of hydrogen-bond donors (Lipinski definition) is 1. The van der Waals surface area contributed by atoms with Gasteiger partial charge in [0, 0.05) is 54.7 Å². The molecule has 226 valence electrons. The lowest BCUT2D eigenvalue weighted by atomic mass is 10.0. The molecule has 1 saturated heterocycles. The number of methoxy groups -OCH3 is 1. The lowest BCUT2D eigenvalue weighted by Crippen LogP contribution is -2.38. The van der Waals surface area contributed by atoms with Crippen molar-refractivity contribution >= 4 is 39.5 Å². The number of nitrogens with zero attached hydrogens (tertiary/aromatic N) is 6. The predicted octanol–water partition coefficient (Wildman–Crippen LogP) is 6.63. The maximum absolute atomic E-state index is 13.8. The molecular formula is C35H39N7O2. The molecule has 9 heteroatoms. The van der Waals surface area contributed by atoms with Gasteiger partial charge in [-0.1, -0.05) is 6.92 Å². The number of ether oxygens (including phenoxy) is 1. The number of carbonyl (C=O) groups excluding carboxylic acids is 1. The molecule has 9 nitrogen and oxygen atoms in total.